The molecule has 0 amide bonds. The molecule has 0 aromatic heterocycles. The summed E-state index contributed by atoms with van der Waals surface area (Å²) in [6.45, 7) is 5.68. The molecular formula is C15H24O2. The van der Waals surface area contributed by atoms with Crippen LogP contribution in [0.5, 0.6) is 0 Å². The van der Waals surface area contributed by atoms with Crippen molar-refractivity contribution in [1.82, 2.24) is 0 Å². The minimum absolute atomic E-state index is 0.292. The Morgan fingerprint density at radius 3 is 2.29 bits per heavy atom. The van der Waals surface area contributed by atoms with Crippen LogP contribution in [0.15, 0.2) is 24.3 Å². The number of rotatable bonds is 8. The van der Waals surface area contributed by atoms with Crippen LogP contribution in [0.4, 0.5) is 0 Å². The van der Waals surface area contributed by atoms with Gasteiger partial charge in [0.25, 0.3) is 0 Å². The van der Waals surface area contributed by atoms with Gasteiger partial charge in [-0.2, -0.15) is 0 Å². The average Bonchev–Trinajstić information content (AvgIpc) is 2.36. The molecule has 1 N–H and O–H groups in total. The first-order valence-corrected chi connectivity index (χ1v) is 6.59. The topological polar surface area (TPSA) is 29.5 Å². The summed E-state index contributed by atoms with van der Waals surface area (Å²) in [6, 6.07) is 8.48. The molecule has 0 fully saturated rings. The SMILES string of the molecule is CCCOCCC(O)Cc1ccc(CC)cc1. The Balaban J connectivity index is 2.26. The minimum atomic E-state index is -0.292. The van der Waals surface area contributed by atoms with Gasteiger partial charge in [-0.3, -0.25) is 0 Å². The van der Waals surface area contributed by atoms with Crippen molar-refractivity contribution >= 4 is 0 Å². The summed E-state index contributed by atoms with van der Waals surface area (Å²) in [6.07, 6.45) is 3.25. The highest BCUT2D eigenvalue weighted by Crippen LogP contribution is 2.09. The van der Waals surface area contributed by atoms with Crippen molar-refractivity contribution in [1.29, 1.82) is 0 Å². The number of hydrogen-bond acceptors (Lipinski definition) is 2. The van der Waals surface area contributed by atoms with E-state index < -0.39 is 0 Å². The first-order valence-electron chi connectivity index (χ1n) is 6.59. The van der Waals surface area contributed by atoms with Crippen LogP contribution in [-0.2, 0) is 17.6 Å². The second kappa shape index (κ2) is 8.26. The Kier molecular flexibility index (Phi) is 6.90. The van der Waals surface area contributed by atoms with E-state index in [0.717, 1.165) is 32.3 Å². The molecule has 0 bridgehead atoms. The molecule has 2 nitrogen and oxygen atoms in total. The number of hydrogen-bond donors (Lipinski definition) is 1. The average molecular weight is 236 g/mol. The molecule has 1 unspecified atom stereocenters. The molecule has 17 heavy (non-hydrogen) atoms. The van der Waals surface area contributed by atoms with E-state index in [1.165, 1.54) is 11.1 Å². The highest BCUT2D eigenvalue weighted by atomic mass is 16.5. The van der Waals surface area contributed by atoms with Gasteiger partial charge in [-0.25, -0.2) is 0 Å². The van der Waals surface area contributed by atoms with Crippen LogP contribution in [0.2, 0.25) is 0 Å². The van der Waals surface area contributed by atoms with Gasteiger partial charge in [0.2, 0.25) is 0 Å². The third-order valence-electron chi connectivity index (χ3n) is 2.85. The second-order valence-corrected chi connectivity index (χ2v) is 4.43. The Bertz CT molecular complexity index is 292. The van der Waals surface area contributed by atoms with Gasteiger partial charge < -0.3 is 9.84 Å². The fraction of sp³-hybridized carbons (Fsp3) is 0.600. The number of aliphatic hydroxyl groups excluding tert-OH is 1. The van der Waals surface area contributed by atoms with Crippen molar-refractivity contribution in [3.05, 3.63) is 35.4 Å². The van der Waals surface area contributed by atoms with Crippen molar-refractivity contribution in [3.8, 4) is 0 Å². The zero-order chi connectivity index (χ0) is 12.5. The van der Waals surface area contributed by atoms with Crippen LogP contribution in [0.25, 0.3) is 0 Å². The van der Waals surface area contributed by atoms with Gasteiger partial charge in [0, 0.05) is 13.2 Å². The monoisotopic (exact) mass is 236 g/mol. The summed E-state index contributed by atoms with van der Waals surface area (Å²) < 4.78 is 5.37. The molecule has 0 spiro atoms. The van der Waals surface area contributed by atoms with E-state index in [-0.39, 0.29) is 6.10 Å². The van der Waals surface area contributed by atoms with Gasteiger partial charge in [0.05, 0.1) is 6.10 Å². The minimum Gasteiger partial charge on any atom is -0.393 e. The molecule has 1 rings (SSSR count). The van der Waals surface area contributed by atoms with E-state index in [1.807, 2.05) is 0 Å². The third-order valence-corrected chi connectivity index (χ3v) is 2.85. The lowest BCUT2D eigenvalue weighted by molar-refractivity contribution is 0.0824. The van der Waals surface area contributed by atoms with E-state index in [0.29, 0.717) is 6.61 Å². The fourth-order valence-electron chi connectivity index (χ4n) is 1.75. The standard InChI is InChI=1S/C15H24O2/c1-3-10-17-11-9-15(16)12-14-7-5-13(4-2)6-8-14/h5-8,15-16H,3-4,9-12H2,1-2H3. The molecule has 0 saturated carbocycles. The molecule has 0 heterocycles. The van der Waals surface area contributed by atoms with Gasteiger partial charge in [-0.05, 0) is 36.8 Å². The van der Waals surface area contributed by atoms with Crippen LogP contribution in [0, 0.1) is 0 Å². The normalized spacial score (nSPS) is 12.6. The second-order valence-electron chi connectivity index (χ2n) is 4.43. The third kappa shape index (κ3) is 5.85. The lowest BCUT2D eigenvalue weighted by Crippen LogP contribution is -2.13. The molecule has 1 atom stereocenters. The molecule has 2 heteroatoms. The molecule has 0 radical (unpaired) electrons. The van der Waals surface area contributed by atoms with Crippen molar-refractivity contribution in [2.75, 3.05) is 13.2 Å². The van der Waals surface area contributed by atoms with Crippen LogP contribution < -0.4 is 0 Å². The highest BCUT2D eigenvalue weighted by molar-refractivity contribution is 5.22. The Labute approximate surface area is 105 Å². The van der Waals surface area contributed by atoms with Gasteiger partial charge >= 0.3 is 0 Å². The predicted molar refractivity (Wildman–Crippen MR) is 71.3 cm³/mol. The van der Waals surface area contributed by atoms with Crippen LogP contribution in [0.3, 0.4) is 0 Å². The van der Waals surface area contributed by atoms with Crippen molar-refractivity contribution in [3.63, 3.8) is 0 Å². The van der Waals surface area contributed by atoms with Crippen molar-refractivity contribution in [2.24, 2.45) is 0 Å². The first kappa shape index (κ1) is 14.2. The number of ether oxygens (including phenoxy) is 1. The van der Waals surface area contributed by atoms with Crippen LogP contribution in [-0.4, -0.2) is 24.4 Å². The number of benzene rings is 1. The van der Waals surface area contributed by atoms with Crippen molar-refractivity contribution < 1.29 is 9.84 Å². The Hall–Kier alpha value is -0.860. The fourth-order valence-corrected chi connectivity index (χ4v) is 1.75. The Morgan fingerprint density at radius 2 is 1.71 bits per heavy atom. The van der Waals surface area contributed by atoms with Gasteiger partial charge in [-0.15, -0.1) is 0 Å². The summed E-state index contributed by atoms with van der Waals surface area (Å²) in [5.74, 6) is 0. The van der Waals surface area contributed by atoms with E-state index >= 15 is 0 Å². The molecule has 0 aliphatic heterocycles. The van der Waals surface area contributed by atoms with Crippen LogP contribution in [0.1, 0.15) is 37.8 Å². The van der Waals surface area contributed by atoms with E-state index in [2.05, 4.69) is 38.1 Å². The van der Waals surface area contributed by atoms with Gasteiger partial charge in [0.15, 0.2) is 0 Å². The maximum absolute atomic E-state index is 9.85. The zero-order valence-electron chi connectivity index (χ0n) is 11.0. The van der Waals surface area contributed by atoms with Gasteiger partial charge in [-0.1, -0.05) is 38.1 Å². The maximum atomic E-state index is 9.85. The predicted octanol–water partition coefficient (Wildman–Crippen LogP) is 2.97. The molecule has 1 aromatic rings. The molecular weight excluding hydrogens is 212 g/mol. The lowest BCUT2D eigenvalue weighted by Gasteiger charge is -2.11. The zero-order valence-corrected chi connectivity index (χ0v) is 11.0. The first-order chi connectivity index (χ1) is 8.26. The molecule has 0 aliphatic rings. The van der Waals surface area contributed by atoms with Gasteiger partial charge in [0.1, 0.15) is 0 Å². The smallest absolute Gasteiger partial charge is 0.0602 e. The molecule has 0 aliphatic carbocycles. The summed E-state index contributed by atoms with van der Waals surface area (Å²) in [4.78, 5) is 0. The van der Waals surface area contributed by atoms with Crippen LogP contribution >= 0.6 is 0 Å². The van der Waals surface area contributed by atoms with E-state index in [9.17, 15) is 5.11 Å². The van der Waals surface area contributed by atoms with E-state index in [4.69, 9.17) is 4.74 Å². The number of aryl methyl sites for hydroxylation is 1. The Morgan fingerprint density at radius 1 is 1.06 bits per heavy atom. The van der Waals surface area contributed by atoms with Crippen molar-refractivity contribution in [2.45, 2.75) is 45.6 Å². The highest BCUT2D eigenvalue weighted by Gasteiger charge is 2.05. The molecule has 1 aromatic carbocycles. The lowest BCUT2D eigenvalue weighted by atomic mass is 10.0. The largest absolute Gasteiger partial charge is 0.393 e. The summed E-state index contributed by atoms with van der Waals surface area (Å²) in [7, 11) is 0. The summed E-state index contributed by atoms with van der Waals surface area (Å²) in [5, 5.41) is 9.85. The summed E-state index contributed by atoms with van der Waals surface area (Å²) in [5.41, 5.74) is 2.54. The summed E-state index contributed by atoms with van der Waals surface area (Å²) >= 11 is 0. The molecule has 0 saturated heterocycles. The quantitative estimate of drug-likeness (QED) is 0.703. The maximum Gasteiger partial charge on any atom is 0.0602 e. The number of aliphatic hydroxyl groups is 1. The van der Waals surface area contributed by atoms with E-state index in [1.54, 1.807) is 0 Å². The molecule has 96 valence electrons.